The summed E-state index contributed by atoms with van der Waals surface area (Å²) in [6.07, 6.45) is 5.09. The van der Waals surface area contributed by atoms with E-state index in [0.29, 0.717) is 17.5 Å². The van der Waals surface area contributed by atoms with E-state index in [9.17, 15) is 4.79 Å². The molecule has 5 heteroatoms. The Morgan fingerprint density at radius 2 is 2.29 bits per heavy atom. The van der Waals surface area contributed by atoms with Crippen molar-refractivity contribution >= 4 is 29.3 Å². The van der Waals surface area contributed by atoms with E-state index in [4.69, 9.17) is 0 Å². The van der Waals surface area contributed by atoms with Crippen molar-refractivity contribution in [2.45, 2.75) is 30.3 Å². The number of aromatic nitrogens is 2. The Labute approximate surface area is 111 Å². The molecule has 2 atom stereocenters. The highest BCUT2D eigenvalue weighted by Gasteiger charge is 2.28. The molecule has 2 unspecified atom stereocenters. The Balaban J connectivity index is 1.86. The maximum Gasteiger partial charge on any atom is 0.147 e. The van der Waals surface area contributed by atoms with Crippen molar-refractivity contribution in [1.82, 2.24) is 9.55 Å². The van der Waals surface area contributed by atoms with Crippen LogP contribution in [0.2, 0.25) is 0 Å². The fraction of sp³-hybridized carbons (Fsp3) is 0.667. The molecule has 1 fully saturated rings. The minimum atomic E-state index is 0.189. The van der Waals surface area contributed by atoms with E-state index < -0.39 is 0 Å². The summed E-state index contributed by atoms with van der Waals surface area (Å²) in [5.74, 6) is 3.67. The highest BCUT2D eigenvalue weighted by Crippen LogP contribution is 2.32. The largest absolute Gasteiger partial charge is 0.338 e. The van der Waals surface area contributed by atoms with Gasteiger partial charge in [-0.2, -0.15) is 11.8 Å². The second-order valence-electron chi connectivity index (χ2n) is 4.29. The Bertz CT molecular complexity index is 392. The van der Waals surface area contributed by atoms with Crippen LogP contribution in [0.15, 0.2) is 12.4 Å². The summed E-state index contributed by atoms with van der Waals surface area (Å²) in [4.78, 5) is 16.4. The van der Waals surface area contributed by atoms with Gasteiger partial charge in [-0.15, -0.1) is 11.8 Å². The molecule has 0 bridgehead atoms. The predicted molar refractivity (Wildman–Crippen MR) is 74.7 cm³/mol. The second-order valence-corrected chi connectivity index (χ2v) is 7.02. The molecule has 2 heterocycles. The first-order valence-electron chi connectivity index (χ1n) is 5.90. The number of hydrogen-bond acceptors (Lipinski definition) is 4. The fourth-order valence-electron chi connectivity index (χ4n) is 2.00. The van der Waals surface area contributed by atoms with Crippen LogP contribution in [0, 0.1) is 0 Å². The van der Waals surface area contributed by atoms with Crippen LogP contribution in [0.4, 0.5) is 0 Å². The van der Waals surface area contributed by atoms with E-state index in [1.165, 1.54) is 5.75 Å². The monoisotopic (exact) mass is 270 g/mol. The molecule has 2 rings (SSSR count). The maximum absolute atomic E-state index is 12.1. The van der Waals surface area contributed by atoms with Gasteiger partial charge in [-0.25, -0.2) is 4.98 Å². The van der Waals surface area contributed by atoms with Gasteiger partial charge in [0.25, 0.3) is 0 Å². The molecule has 1 aromatic heterocycles. The molecular formula is C12H18N2OS2. The van der Waals surface area contributed by atoms with E-state index in [1.807, 2.05) is 41.3 Å². The smallest absolute Gasteiger partial charge is 0.147 e. The molecule has 94 valence electrons. The molecule has 0 radical (unpaired) electrons. The molecule has 0 aromatic carbocycles. The van der Waals surface area contributed by atoms with Gasteiger partial charge in [0, 0.05) is 49.0 Å². The minimum absolute atomic E-state index is 0.189. The van der Waals surface area contributed by atoms with Gasteiger partial charge >= 0.3 is 0 Å². The normalized spacial score (nSPS) is 24.8. The Hall–Kier alpha value is -0.420. The Morgan fingerprint density at radius 1 is 1.53 bits per heavy atom. The SMILES string of the molecule is CC1SCCSC1C(=O)CCc1nccn1C. The lowest BCUT2D eigenvalue weighted by Gasteiger charge is -2.26. The predicted octanol–water partition coefficient (Wildman–Crippen LogP) is 2.16. The van der Waals surface area contributed by atoms with Gasteiger partial charge < -0.3 is 4.57 Å². The van der Waals surface area contributed by atoms with Gasteiger partial charge in [-0.05, 0) is 0 Å². The molecule has 1 saturated heterocycles. The Morgan fingerprint density at radius 3 is 2.94 bits per heavy atom. The molecule has 1 aromatic rings. The van der Waals surface area contributed by atoms with Gasteiger partial charge in [0.1, 0.15) is 11.6 Å². The number of imidazole rings is 1. The standard InChI is InChI=1S/C12H18N2OS2/c1-9-12(17-8-7-16-9)10(15)3-4-11-13-5-6-14(11)2/h5-6,9,12H,3-4,7-8H2,1-2H3. The van der Waals surface area contributed by atoms with Gasteiger partial charge in [0.05, 0.1) is 5.25 Å². The van der Waals surface area contributed by atoms with E-state index in [1.54, 1.807) is 6.20 Å². The first-order chi connectivity index (χ1) is 8.18. The van der Waals surface area contributed by atoms with E-state index in [0.717, 1.165) is 18.0 Å². The second kappa shape index (κ2) is 5.96. The lowest BCUT2D eigenvalue weighted by Crippen LogP contribution is -2.31. The zero-order chi connectivity index (χ0) is 12.3. The fourth-order valence-corrected chi connectivity index (χ4v) is 4.77. The number of hydrogen-bond donors (Lipinski definition) is 0. The lowest BCUT2D eigenvalue weighted by atomic mass is 10.1. The maximum atomic E-state index is 12.1. The van der Waals surface area contributed by atoms with Gasteiger partial charge in [-0.1, -0.05) is 6.92 Å². The van der Waals surface area contributed by atoms with E-state index >= 15 is 0 Å². The topological polar surface area (TPSA) is 34.9 Å². The first-order valence-corrected chi connectivity index (χ1v) is 8.00. The third-order valence-electron chi connectivity index (χ3n) is 3.02. The van der Waals surface area contributed by atoms with Crippen LogP contribution >= 0.6 is 23.5 Å². The van der Waals surface area contributed by atoms with Gasteiger partial charge in [0.2, 0.25) is 0 Å². The van der Waals surface area contributed by atoms with Crippen molar-refractivity contribution in [3.8, 4) is 0 Å². The van der Waals surface area contributed by atoms with Crippen molar-refractivity contribution in [3.63, 3.8) is 0 Å². The number of carbonyl (C=O) groups excluding carboxylic acids is 1. The van der Waals surface area contributed by atoms with Crippen LogP contribution in [0.5, 0.6) is 0 Å². The molecule has 3 nitrogen and oxygen atoms in total. The van der Waals surface area contributed by atoms with Crippen LogP contribution in [0.25, 0.3) is 0 Å². The minimum Gasteiger partial charge on any atom is -0.338 e. The summed E-state index contributed by atoms with van der Waals surface area (Å²) in [5.41, 5.74) is 0. The van der Waals surface area contributed by atoms with Crippen molar-refractivity contribution in [3.05, 3.63) is 18.2 Å². The van der Waals surface area contributed by atoms with Crippen LogP contribution in [-0.2, 0) is 18.3 Å². The van der Waals surface area contributed by atoms with Crippen molar-refractivity contribution in [1.29, 1.82) is 0 Å². The average molecular weight is 270 g/mol. The molecule has 1 aliphatic rings. The zero-order valence-electron chi connectivity index (χ0n) is 10.3. The molecule has 0 saturated carbocycles. The first kappa shape index (κ1) is 13.0. The summed E-state index contributed by atoms with van der Waals surface area (Å²) >= 11 is 3.74. The summed E-state index contributed by atoms with van der Waals surface area (Å²) in [5, 5.41) is 0.650. The van der Waals surface area contributed by atoms with Crippen molar-refractivity contribution in [2.24, 2.45) is 7.05 Å². The molecule has 0 spiro atoms. The Kier molecular flexibility index (Phi) is 4.56. The van der Waals surface area contributed by atoms with E-state index in [2.05, 4.69) is 11.9 Å². The average Bonchev–Trinajstić information content (AvgIpc) is 2.72. The van der Waals surface area contributed by atoms with Crippen LogP contribution in [-0.4, -0.2) is 37.3 Å². The zero-order valence-corrected chi connectivity index (χ0v) is 11.9. The molecular weight excluding hydrogens is 252 g/mol. The summed E-state index contributed by atoms with van der Waals surface area (Å²) in [7, 11) is 1.97. The summed E-state index contributed by atoms with van der Waals surface area (Å²) in [6, 6.07) is 0. The number of ketones is 1. The summed E-state index contributed by atoms with van der Waals surface area (Å²) < 4.78 is 1.99. The van der Waals surface area contributed by atoms with Gasteiger partial charge in [-0.3, -0.25) is 4.79 Å². The third-order valence-corrected chi connectivity index (χ3v) is 6.16. The highest BCUT2D eigenvalue weighted by atomic mass is 32.2. The van der Waals surface area contributed by atoms with E-state index in [-0.39, 0.29) is 5.25 Å². The van der Waals surface area contributed by atoms with Crippen LogP contribution < -0.4 is 0 Å². The number of thioether (sulfide) groups is 2. The van der Waals surface area contributed by atoms with Crippen LogP contribution in [0.3, 0.4) is 0 Å². The lowest BCUT2D eigenvalue weighted by molar-refractivity contribution is -0.118. The number of carbonyl (C=O) groups is 1. The highest BCUT2D eigenvalue weighted by molar-refractivity contribution is 8.07. The molecule has 1 aliphatic heterocycles. The van der Waals surface area contributed by atoms with Crippen molar-refractivity contribution < 1.29 is 4.79 Å². The molecule has 17 heavy (non-hydrogen) atoms. The van der Waals surface area contributed by atoms with Crippen molar-refractivity contribution in [2.75, 3.05) is 11.5 Å². The molecule has 0 N–H and O–H groups in total. The number of rotatable bonds is 4. The molecule has 0 amide bonds. The third kappa shape index (κ3) is 3.28. The quantitative estimate of drug-likeness (QED) is 0.840. The number of Topliss-reactive ketones (excluding diaryl/α,β-unsaturated/α-hetero) is 1. The van der Waals surface area contributed by atoms with Crippen LogP contribution in [0.1, 0.15) is 19.2 Å². The summed E-state index contributed by atoms with van der Waals surface area (Å²) in [6.45, 7) is 2.17. The van der Waals surface area contributed by atoms with Gasteiger partial charge in [0.15, 0.2) is 0 Å². The molecule has 0 aliphatic carbocycles. The number of nitrogens with zero attached hydrogens (tertiary/aromatic N) is 2. The number of aryl methyl sites for hydroxylation is 2.